The Morgan fingerprint density at radius 3 is 1.26 bits per heavy atom. The molecule has 0 bridgehead atoms. The van der Waals surface area contributed by atoms with Gasteiger partial charge in [0.25, 0.3) is 5.91 Å². The highest BCUT2D eigenvalue weighted by Crippen LogP contribution is 2.16. The summed E-state index contributed by atoms with van der Waals surface area (Å²) in [7, 11) is 0. The zero-order valence-corrected chi connectivity index (χ0v) is 66.5. The number of quaternary nitrogens is 2. The number of phenols is 2. The molecule has 650 valence electrons. The number of nitrogens with zero attached hydrogens (tertiary/aromatic N) is 1. The highest BCUT2D eigenvalue weighted by Gasteiger charge is 2.38. The van der Waals surface area contributed by atoms with Crippen LogP contribution < -0.4 is 120 Å². The van der Waals surface area contributed by atoms with Gasteiger partial charge in [-0.2, -0.15) is 11.8 Å². The van der Waals surface area contributed by atoms with E-state index in [1.165, 1.54) is 72.8 Å². The number of hydrogen-bond donors (Lipinski definition) is 28. The van der Waals surface area contributed by atoms with Gasteiger partial charge in [-0.3, -0.25) is 82.6 Å². The summed E-state index contributed by atoms with van der Waals surface area (Å²) < 4.78 is 0. The molecule has 37 N–H and O–H groups in total. The fourth-order valence-corrected chi connectivity index (χ4v) is 11.7. The first-order valence-electron chi connectivity index (χ1n) is 37.7. The number of imidazole rings is 1. The molecule has 0 aliphatic carbocycles. The van der Waals surface area contributed by atoms with Crippen molar-refractivity contribution in [2.24, 2.45) is 34.6 Å². The highest BCUT2D eigenvalue weighted by atomic mass is 32.2. The van der Waals surface area contributed by atoms with Crippen molar-refractivity contribution in [3.63, 3.8) is 0 Å². The number of benzene rings is 2. The Morgan fingerprint density at radius 2 is 0.846 bits per heavy atom. The molecule has 0 spiro atoms. The number of phenolic OH excluding ortho intramolecular Hbond substituents is 2. The largest absolute Gasteiger partial charge is 0.508 e. The van der Waals surface area contributed by atoms with E-state index in [1.807, 2.05) is 6.26 Å². The van der Waals surface area contributed by atoms with Crippen molar-refractivity contribution in [3.8, 4) is 11.5 Å². The predicted molar refractivity (Wildman–Crippen MR) is 419 cm³/mol. The van der Waals surface area contributed by atoms with Gasteiger partial charge in [0.05, 0.1) is 45.4 Å². The molecule has 0 radical (unpaired) electrons. The number of H-pyrrole nitrogens is 1. The van der Waals surface area contributed by atoms with E-state index in [9.17, 15) is 102 Å². The van der Waals surface area contributed by atoms with E-state index >= 15 is 0 Å². The summed E-state index contributed by atoms with van der Waals surface area (Å²) in [5.74, 6) is -17.8. The summed E-state index contributed by atoms with van der Waals surface area (Å²) in [6.07, 6.45) is 0.193. The molecule has 3 aromatic rings. The lowest BCUT2D eigenvalue weighted by Gasteiger charge is -2.27. The standard InChI is InChI=1S/C71H114N24O21S/c1-36(2)25-47(85-55(100)33-83-60(106)50(28-40-31-79-35-84-40)92-62(108)45(11-8-23-81-71(77)78)90-61(107)44(9-5-6-21-72)89-63(109)46(20-24-117-4)87-58(104)37(3)73)64(110)94-52(30-57(102)103)68(114)93-51(29-54(74)99)67(113)91-49(27-39-14-18-42(98)19-15-39)66(112)88-43(10-7-22-80-70(75)76)59(105)82-32-56(101)86-48(26-38-12-16-41(97)17-13-38)65(111)95-53(34-96)69(115)116/h12-19,31,35-37,43-53,70-71,80-81,96-98H,5-11,20-30,32-34,72-73,75-78H2,1-4H3,(H2,74,99)(H,79,84)(H,82,105)(H,83,106)(H,85,100)(H,86,101)(H,87,104)(H,88,112)(H,89,109)(H,90,107)(H,91,113)(H,92,108)(H,93,114)(H,94,110)(H,95,111)(H,102,103)(H,115,116)/p+2/t37-,43-,44-,45-,46-,47-,48-,49-,50-,51-,52-,53-/m0/s1. The highest BCUT2D eigenvalue weighted by molar-refractivity contribution is 7.98. The number of rotatable bonds is 57. The average Bonchev–Trinajstić information content (AvgIpc) is 1.53. The van der Waals surface area contributed by atoms with Crippen LogP contribution in [0, 0.1) is 5.92 Å². The lowest BCUT2D eigenvalue weighted by atomic mass is 10.0. The van der Waals surface area contributed by atoms with E-state index in [2.05, 4.69) is 101 Å². The van der Waals surface area contributed by atoms with Gasteiger partial charge >= 0.3 is 11.9 Å². The SMILES string of the molecule is CSCC[C@H](NC(=O)[C@H](C)[NH3+])C(=O)N[C@@H](CCCC[NH3+])C(=O)N[C@@H](CCCNC(N)N)C(=O)N[C@@H](Cc1cnc[nH]1)C(=O)NCC(=O)N[C@@H](CC(C)C)C(=O)N[C@@H](CC(=O)O)C(=O)N[C@@H](CC(N)=O)C(=O)N[C@@H](Cc1ccc(O)cc1)C(=O)N[C@@H](CCCNC(N)N)C(=O)NCC(=O)N[C@@H](Cc1ccc(O)cc1)C(=O)N[C@@H](CO)C(=O)O. The summed E-state index contributed by atoms with van der Waals surface area (Å²) >= 11 is 1.43. The van der Waals surface area contributed by atoms with Crippen LogP contribution >= 0.6 is 11.8 Å². The molecule has 3 rings (SSSR count). The molecule has 45 nitrogen and oxygen atoms in total. The lowest BCUT2D eigenvalue weighted by Crippen LogP contribution is -2.67. The molecule has 0 saturated heterocycles. The quantitative estimate of drug-likeness (QED) is 0.0184. The molecule has 1 heterocycles. The Morgan fingerprint density at radius 1 is 0.470 bits per heavy atom. The Bertz CT molecular complexity index is 3750. The van der Waals surface area contributed by atoms with E-state index < -0.39 is 225 Å². The number of nitrogens with one attached hydrogen (secondary N) is 16. The minimum atomic E-state index is -2.11. The number of aromatic hydroxyl groups is 2. The molecule has 0 unspecified atom stereocenters. The van der Waals surface area contributed by atoms with Crippen molar-refractivity contribution < 1.29 is 114 Å². The molecule has 2 aromatic carbocycles. The molecule has 0 saturated carbocycles. The molecule has 0 aliphatic rings. The third-order valence-corrected chi connectivity index (χ3v) is 18.0. The number of carboxylic acids is 2. The van der Waals surface area contributed by atoms with Crippen LogP contribution in [0.5, 0.6) is 11.5 Å². The van der Waals surface area contributed by atoms with Crippen LogP contribution in [0.4, 0.5) is 0 Å². The molecule has 0 fully saturated rings. The minimum Gasteiger partial charge on any atom is -0.508 e. The number of aromatic amines is 1. The third kappa shape index (κ3) is 39.8. The van der Waals surface area contributed by atoms with E-state index in [1.54, 1.807) is 20.8 Å². The number of primary amides is 1. The van der Waals surface area contributed by atoms with Crippen molar-refractivity contribution >= 4 is 106 Å². The molecular weight excluding hydrogens is 1560 g/mol. The van der Waals surface area contributed by atoms with Crippen LogP contribution in [-0.4, -0.2) is 267 Å². The van der Waals surface area contributed by atoms with Crippen molar-refractivity contribution in [2.45, 2.75) is 196 Å². The zero-order chi connectivity index (χ0) is 87.4. The van der Waals surface area contributed by atoms with Crippen LogP contribution in [0.2, 0.25) is 0 Å². The Labute approximate surface area is 678 Å². The van der Waals surface area contributed by atoms with Gasteiger partial charge in [-0.05, 0) is 131 Å². The number of aromatic nitrogens is 2. The number of amides is 14. The number of carbonyl (C=O) groups excluding carboxylic acids is 14. The van der Waals surface area contributed by atoms with Crippen molar-refractivity contribution in [3.05, 3.63) is 77.9 Å². The average molecular weight is 1670 g/mol. The maximum absolute atomic E-state index is 14.6. The molecule has 117 heavy (non-hydrogen) atoms. The summed E-state index contributed by atoms with van der Waals surface area (Å²) in [5, 5.41) is 86.3. The number of hydrogen-bond acceptors (Lipinski definition) is 27. The first-order valence-corrected chi connectivity index (χ1v) is 39.1. The van der Waals surface area contributed by atoms with Gasteiger partial charge in [0.15, 0.2) is 6.04 Å². The van der Waals surface area contributed by atoms with Gasteiger partial charge in [-0.15, -0.1) is 0 Å². The van der Waals surface area contributed by atoms with Crippen LogP contribution in [0.1, 0.15) is 108 Å². The number of unbranched alkanes of at least 4 members (excludes halogenated alkanes) is 1. The van der Waals surface area contributed by atoms with Crippen LogP contribution in [0.25, 0.3) is 0 Å². The van der Waals surface area contributed by atoms with Gasteiger partial charge in [0.1, 0.15) is 90.5 Å². The second-order valence-electron chi connectivity index (χ2n) is 27.9. The summed E-state index contributed by atoms with van der Waals surface area (Å²) in [6, 6.07) is -7.82. The molecule has 1 aromatic heterocycles. The molecule has 14 amide bonds. The van der Waals surface area contributed by atoms with Crippen molar-refractivity contribution in [1.29, 1.82) is 0 Å². The van der Waals surface area contributed by atoms with E-state index in [-0.39, 0.29) is 87.9 Å². The Kier molecular flexibility index (Phi) is 45.4. The second kappa shape index (κ2) is 53.1. The fraction of sp³-hybridized carbons (Fsp3) is 0.563. The molecular formula is C71H116N24O21S+2. The van der Waals surface area contributed by atoms with E-state index in [0.29, 0.717) is 36.4 Å². The number of thioether (sulfide) groups is 1. The smallest absolute Gasteiger partial charge is 0.328 e. The number of aliphatic carboxylic acids is 2. The molecule has 46 heteroatoms. The van der Waals surface area contributed by atoms with Crippen LogP contribution in [-0.2, 0) is 96.0 Å². The molecule has 12 atom stereocenters. The lowest BCUT2D eigenvalue weighted by molar-refractivity contribution is -0.398. The van der Waals surface area contributed by atoms with Gasteiger partial charge in [0.2, 0.25) is 76.8 Å². The third-order valence-electron chi connectivity index (χ3n) is 17.4. The van der Waals surface area contributed by atoms with Crippen LogP contribution in [0.15, 0.2) is 61.1 Å². The fourth-order valence-electron chi connectivity index (χ4n) is 11.2. The monoisotopic (exact) mass is 1670 g/mol. The maximum Gasteiger partial charge on any atom is 0.328 e. The maximum atomic E-state index is 14.6. The van der Waals surface area contributed by atoms with Gasteiger partial charge in [-0.1, -0.05) is 38.1 Å². The topological polar surface area (TPSA) is 769 Å². The Hall–Kier alpha value is -11.2. The predicted octanol–water partition coefficient (Wildman–Crippen LogP) is -11.2. The first kappa shape index (κ1) is 100.0. The number of aliphatic hydroxyl groups is 1. The number of aliphatic hydroxyl groups excluding tert-OH is 1. The van der Waals surface area contributed by atoms with Gasteiger partial charge in [-0.25, -0.2) is 9.78 Å². The second-order valence-corrected chi connectivity index (χ2v) is 28.9. The van der Waals surface area contributed by atoms with Gasteiger partial charge < -0.3 is 140 Å². The minimum absolute atomic E-state index is 0.0451. The Balaban J connectivity index is 1.92. The molecule has 0 aliphatic heterocycles. The number of carbonyl (C=O) groups is 16. The van der Waals surface area contributed by atoms with E-state index in [0.717, 1.165) is 0 Å². The summed E-state index contributed by atoms with van der Waals surface area (Å²) in [5.41, 5.74) is 36.7. The van der Waals surface area contributed by atoms with Crippen LogP contribution in [0.3, 0.4) is 0 Å². The van der Waals surface area contributed by atoms with E-state index in [4.69, 9.17) is 28.7 Å². The summed E-state index contributed by atoms with van der Waals surface area (Å²) in [6.45, 7) is 2.73. The first-order chi connectivity index (χ1) is 55.3. The van der Waals surface area contributed by atoms with Gasteiger partial charge in [0, 0.05) is 31.2 Å². The zero-order valence-electron chi connectivity index (χ0n) is 65.7. The number of carboxylic acid groups (broad SMARTS) is 2. The van der Waals surface area contributed by atoms with Crippen molar-refractivity contribution in [2.75, 3.05) is 51.3 Å². The van der Waals surface area contributed by atoms with Crippen molar-refractivity contribution in [1.82, 2.24) is 89.7 Å². The normalized spacial score (nSPS) is 14.3. The summed E-state index contributed by atoms with van der Waals surface area (Å²) in [4.78, 5) is 226. The number of nitrogens with two attached hydrogens (primary N) is 5.